The summed E-state index contributed by atoms with van der Waals surface area (Å²) in [5.74, 6) is -1.80. The first kappa shape index (κ1) is 36.9. The second-order valence-corrected chi connectivity index (χ2v) is 14.9. The lowest BCUT2D eigenvalue weighted by molar-refractivity contribution is -0.141. The highest BCUT2D eigenvalue weighted by atomic mass is 16.7. The second kappa shape index (κ2) is 16.0. The molecule has 56 heavy (non-hydrogen) atoms. The Morgan fingerprint density at radius 2 is 1.09 bits per heavy atom. The third kappa shape index (κ3) is 7.23. The van der Waals surface area contributed by atoms with Gasteiger partial charge in [0.05, 0.1) is 22.8 Å². The minimum absolute atomic E-state index is 0.102. The number of imidazole rings is 2. The number of Topliss-reactive ketones (excluding diaryl/α,β-unsaturated/α-hetero) is 2. The van der Waals surface area contributed by atoms with Crippen molar-refractivity contribution < 1.29 is 28.9 Å². The van der Waals surface area contributed by atoms with Gasteiger partial charge < -0.3 is 18.8 Å². The Morgan fingerprint density at radius 3 is 1.52 bits per heavy atom. The van der Waals surface area contributed by atoms with Gasteiger partial charge >= 0.3 is 11.9 Å². The zero-order chi connectivity index (χ0) is 38.8. The molecule has 0 fully saturated rings. The molecule has 12 heteroatoms. The van der Waals surface area contributed by atoms with Crippen molar-refractivity contribution in [2.45, 2.75) is 91.1 Å². The highest BCUT2D eigenvalue weighted by Gasteiger charge is 2.32. The van der Waals surface area contributed by atoms with Crippen molar-refractivity contribution in [2.75, 3.05) is 0 Å². The Labute approximate surface area is 324 Å². The minimum atomic E-state index is -0.773. The molecule has 0 spiro atoms. The first-order valence-electron chi connectivity index (χ1n) is 19.8. The standard InChI is InChI=1S/C44H46N6O6/c1-3-5-21-47-25-33(31-11-7-9-13-37(31)47)43(53)29-15-17-39-35(23-29)45-27-49(39)55-41(51)19-20-42(52)56-50-28-46-36-24-30(16-18-40(36)50)44(54)34-26-48(22-6-4-2)38-14-10-8-12-32(34)38/h7-14,19-20,25-30H,3-6,15-18,21-24H2,1-2H3/b20-19+. The lowest BCUT2D eigenvalue weighted by Crippen LogP contribution is -2.27. The predicted octanol–water partition coefficient (Wildman–Crippen LogP) is 6.73. The van der Waals surface area contributed by atoms with E-state index in [1.165, 1.54) is 22.1 Å². The summed E-state index contributed by atoms with van der Waals surface area (Å²) in [5.41, 5.74) is 6.50. The number of aromatic nitrogens is 6. The second-order valence-electron chi connectivity index (χ2n) is 14.9. The fourth-order valence-corrected chi connectivity index (χ4v) is 8.28. The van der Waals surface area contributed by atoms with Crippen molar-refractivity contribution in [3.8, 4) is 0 Å². The molecule has 2 aliphatic rings. The van der Waals surface area contributed by atoms with Gasteiger partial charge in [0.15, 0.2) is 11.6 Å². The van der Waals surface area contributed by atoms with E-state index in [0.29, 0.717) is 49.9 Å². The van der Waals surface area contributed by atoms with Crippen molar-refractivity contribution in [3.05, 3.63) is 120 Å². The van der Waals surface area contributed by atoms with E-state index in [1.54, 1.807) is 0 Å². The first-order chi connectivity index (χ1) is 27.3. The normalized spacial score (nSPS) is 16.6. The van der Waals surface area contributed by atoms with Gasteiger partial charge in [-0.15, -0.1) is 0 Å². The molecule has 2 atom stereocenters. The van der Waals surface area contributed by atoms with Crippen LogP contribution in [-0.4, -0.2) is 52.1 Å². The smallest absolute Gasteiger partial charge is 0.347 e. The largest absolute Gasteiger partial charge is 0.356 e. The van der Waals surface area contributed by atoms with Gasteiger partial charge in [-0.2, -0.15) is 9.46 Å². The van der Waals surface area contributed by atoms with E-state index >= 15 is 0 Å². The number of hydrogen-bond acceptors (Lipinski definition) is 8. The molecule has 0 amide bonds. The van der Waals surface area contributed by atoms with Crippen LogP contribution in [0, 0.1) is 11.8 Å². The van der Waals surface area contributed by atoms with E-state index in [0.717, 1.165) is 95.2 Å². The highest BCUT2D eigenvalue weighted by molar-refractivity contribution is 6.10. The van der Waals surface area contributed by atoms with Crippen LogP contribution in [0.25, 0.3) is 21.8 Å². The summed E-state index contributed by atoms with van der Waals surface area (Å²) in [6, 6.07) is 16.1. The fraction of sp³-hybridized carbons (Fsp3) is 0.364. The maximum absolute atomic E-state index is 13.8. The Bertz CT molecular complexity index is 2310. The number of hydrogen-bond donors (Lipinski definition) is 0. The van der Waals surface area contributed by atoms with Gasteiger partial charge in [0.1, 0.15) is 12.7 Å². The zero-order valence-electron chi connectivity index (χ0n) is 31.9. The Morgan fingerprint density at radius 1 is 0.661 bits per heavy atom. The number of para-hydroxylation sites is 2. The maximum Gasteiger partial charge on any atom is 0.356 e. The summed E-state index contributed by atoms with van der Waals surface area (Å²) in [6.07, 6.45) is 16.2. The molecule has 2 unspecified atom stereocenters. The number of carbonyl (C=O) groups is 4. The molecule has 0 N–H and O–H groups in total. The van der Waals surface area contributed by atoms with E-state index in [-0.39, 0.29) is 23.4 Å². The number of benzene rings is 2. The van der Waals surface area contributed by atoms with Crippen molar-refractivity contribution in [1.82, 2.24) is 28.6 Å². The average Bonchev–Trinajstić information content (AvgIpc) is 4.01. The summed E-state index contributed by atoms with van der Waals surface area (Å²) in [6.45, 7) is 6.04. The molecule has 0 saturated heterocycles. The van der Waals surface area contributed by atoms with Crippen LogP contribution in [0.1, 0.15) is 95.9 Å². The molecule has 4 aromatic heterocycles. The van der Waals surface area contributed by atoms with Crippen LogP contribution in [0.4, 0.5) is 0 Å². The molecule has 12 nitrogen and oxygen atoms in total. The minimum Gasteiger partial charge on any atom is -0.347 e. The number of nitrogens with zero attached hydrogens (tertiary/aromatic N) is 6. The molecule has 0 aliphatic heterocycles. The van der Waals surface area contributed by atoms with E-state index < -0.39 is 11.9 Å². The summed E-state index contributed by atoms with van der Waals surface area (Å²) in [5, 5.41) is 1.94. The summed E-state index contributed by atoms with van der Waals surface area (Å²) in [4.78, 5) is 73.1. The SMILES string of the molecule is CCCCn1cc(C(=O)C2CCc3c(ncn3OC(=O)/C=C/C(=O)On3cnc4c3CCC(C(=O)c3cn(CCCC)c5ccccc35)C4)C2)c2ccccc21. The zero-order valence-corrected chi connectivity index (χ0v) is 31.9. The van der Waals surface area contributed by atoms with Crippen LogP contribution >= 0.6 is 0 Å². The first-order valence-corrected chi connectivity index (χ1v) is 19.8. The number of ketones is 2. The van der Waals surface area contributed by atoms with Gasteiger partial charge in [0, 0.05) is 95.2 Å². The number of fused-ring (bicyclic) bond motifs is 4. The highest BCUT2D eigenvalue weighted by Crippen LogP contribution is 2.32. The van der Waals surface area contributed by atoms with Gasteiger partial charge in [-0.25, -0.2) is 19.6 Å². The van der Waals surface area contributed by atoms with E-state index in [2.05, 4.69) is 45.1 Å². The molecular formula is C44H46N6O6. The average molecular weight is 755 g/mol. The molecule has 0 bridgehead atoms. The van der Waals surface area contributed by atoms with Crippen LogP contribution < -0.4 is 9.68 Å². The third-order valence-electron chi connectivity index (χ3n) is 11.3. The number of carbonyl (C=O) groups excluding carboxylic acids is 4. The Kier molecular flexibility index (Phi) is 10.5. The molecule has 0 radical (unpaired) electrons. The molecule has 0 saturated carbocycles. The molecule has 8 rings (SSSR count). The van der Waals surface area contributed by atoms with Crippen molar-refractivity contribution in [2.24, 2.45) is 11.8 Å². The lowest BCUT2D eigenvalue weighted by Gasteiger charge is -2.21. The molecule has 4 heterocycles. The number of unbranched alkanes of at least 4 members (excludes halogenated alkanes) is 2. The van der Waals surface area contributed by atoms with Crippen LogP contribution in [0.3, 0.4) is 0 Å². The van der Waals surface area contributed by atoms with Crippen LogP contribution in [0.15, 0.2) is 85.7 Å². The number of aryl methyl sites for hydroxylation is 2. The van der Waals surface area contributed by atoms with Gasteiger partial charge in [-0.1, -0.05) is 63.1 Å². The Balaban J connectivity index is 0.862. The monoisotopic (exact) mass is 754 g/mol. The molecule has 6 aromatic rings. The summed E-state index contributed by atoms with van der Waals surface area (Å²) in [7, 11) is 0. The Hall–Kier alpha value is -6.04. The van der Waals surface area contributed by atoms with Crippen LogP contribution in [0.5, 0.6) is 0 Å². The van der Waals surface area contributed by atoms with E-state index in [9.17, 15) is 19.2 Å². The van der Waals surface area contributed by atoms with Gasteiger partial charge in [-0.05, 0) is 50.7 Å². The van der Waals surface area contributed by atoms with E-state index in [1.807, 2.05) is 48.8 Å². The van der Waals surface area contributed by atoms with Crippen molar-refractivity contribution >= 4 is 45.3 Å². The van der Waals surface area contributed by atoms with Gasteiger partial charge in [0.25, 0.3) is 0 Å². The van der Waals surface area contributed by atoms with Crippen molar-refractivity contribution in [1.29, 1.82) is 0 Å². The lowest BCUT2D eigenvalue weighted by atomic mass is 9.84. The maximum atomic E-state index is 13.8. The third-order valence-corrected chi connectivity index (χ3v) is 11.3. The summed E-state index contributed by atoms with van der Waals surface area (Å²) < 4.78 is 6.99. The van der Waals surface area contributed by atoms with Crippen LogP contribution in [-0.2, 0) is 48.4 Å². The van der Waals surface area contributed by atoms with Gasteiger partial charge in [0.2, 0.25) is 0 Å². The fourth-order valence-electron chi connectivity index (χ4n) is 8.28. The van der Waals surface area contributed by atoms with Crippen molar-refractivity contribution in [3.63, 3.8) is 0 Å². The quantitative estimate of drug-likeness (QED) is 0.0884. The van der Waals surface area contributed by atoms with Gasteiger partial charge in [-0.3, -0.25) is 9.59 Å². The van der Waals surface area contributed by atoms with E-state index in [4.69, 9.17) is 9.68 Å². The predicted molar refractivity (Wildman–Crippen MR) is 210 cm³/mol. The molecule has 2 aromatic carbocycles. The number of rotatable bonds is 14. The topological polar surface area (TPSA) is 132 Å². The molecule has 2 aliphatic carbocycles. The summed E-state index contributed by atoms with van der Waals surface area (Å²) >= 11 is 0. The van der Waals surface area contributed by atoms with Crippen LogP contribution in [0.2, 0.25) is 0 Å². The molecule has 288 valence electrons. The molecular weight excluding hydrogens is 709 g/mol.